The van der Waals surface area contributed by atoms with Crippen molar-refractivity contribution >= 4 is 5.57 Å². The van der Waals surface area contributed by atoms with Crippen LogP contribution in [-0.2, 0) is 29.7 Å². The van der Waals surface area contributed by atoms with Gasteiger partial charge in [0, 0.05) is 0 Å². The molecule has 1 nitrogen and oxygen atoms in total. The van der Waals surface area contributed by atoms with Gasteiger partial charge in [-0.25, -0.2) is 0 Å². The maximum atomic E-state index is 5.65. The molecule has 0 spiro atoms. The third-order valence-corrected chi connectivity index (χ3v) is 4.61. The van der Waals surface area contributed by atoms with Crippen molar-refractivity contribution in [2.45, 2.75) is 39.7 Å². The number of allylic oxidation sites excluding steroid dienone is 4. The predicted molar refractivity (Wildman–Crippen MR) is 71.5 cm³/mol. The molecule has 0 aromatic heterocycles. The van der Waals surface area contributed by atoms with Gasteiger partial charge in [0.05, 0.1) is 0 Å². The number of hydrogen-bond donors (Lipinski definition) is 0. The molecule has 0 radical (unpaired) electrons. The fraction of sp³-hybridized carbons (Fsp3) is 0.375. The summed E-state index contributed by atoms with van der Waals surface area (Å²) in [6.45, 7) is 8.64. The summed E-state index contributed by atoms with van der Waals surface area (Å²) in [4.78, 5) is 0. The van der Waals surface area contributed by atoms with Crippen molar-refractivity contribution in [1.29, 1.82) is 0 Å². The quantitative estimate of drug-likeness (QED) is 0.608. The molecule has 0 bridgehead atoms. The first kappa shape index (κ1) is 20.0. The molecule has 1 aliphatic carbocycles. The van der Waals surface area contributed by atoms with Crippen molar-refractivity contribution in [3.8, 4) is 0 Å². The largest absolute Gasteiger partial charge is 1.00 e. The molecule has 1 aromatic carbocycles. The van der Waals surface area contributed by atoms with Crippen molar-refractivity contribution in [3.05, 3.63) is 52.6 Å². The predicted octanol–water partition coefficient (Wildman–Crippen LogP) is -1.47. The van der Waals surface area contributed by atoms with Crippen LogP contribution in [0.1, 0.15) is 45.2 Å². The zero-order chi connectivity index (χ0) is 13.3. The van der Waals surface area contributed by atoms with Crippen LogP contribution in [0.15, 0.2) is 41.5 Å². The van der Waals surface area contributed by atoms with E-state index in [2.05, 4.69) is 58.0 Å². The molecule has 0 amide bonds. The second-order valence-electron chi connectivity index (χ2n) is 5.35. The summed E-state index contributed by atoms with van der Waals surface area (Å²) in [6.07, 6.45) is 3.34. The van der Waals surface area contributed by atoms with Crippen molar-refractivity contribution < 1.29 is 49.0 Å². The van der Waals surface area contributed by atoms with E-state index in [9.17, 15) is 0 Å². The molecule has 107 valence electrons. The van der Waals surface area contributed by atoms with Crippen LogP contribution in [0.3, 0.4) is 0 Å². The number of benzene rings is 1. The van der Waals surface area contributed by atoms with Crippen molar-refractivity contribution in [1.82, 2.24) is 0 Å². The van der Waals surface area contributed by atoms with Gasteiger partial charge in [0.2, 0.25) is 0 Å². The molecule has 0 aliphatic heterocycles. The molecule has 20 heavy (non-hydrogen) atoms. The zero-order valence-electron chi connectivity index (χ0n) is 12.3. The molecular weight excluding hydrogens is 327 g/mol. The van der Waals surface area contributed by atoms with Crippen molar-refractivity contribution in [2.24, 2.45) is 0 Å². The summed E-state index contributed by atoms with van der Waals surface area (Å²) < 4.78 is 5.65. The van der Waals surface area contributed by atoms with Crippen LogP contribution in [0, 0.1) is 0 Å². The first-order valence-corrected chi connectivity index (χ1v) is 6.92. The van der Waals surface area contributed by atoms with Gasteiger partial charge in [-0.1, -0.05) is 0 Å². The van der Waals surface area contributed by atoms with Gasteiger partial charge in [0.25, 0.3) is 0 Å². The van der Waals surface area contributed by atoms with Crippen LogP contribution in [0.25, 0.3) is 5.57 Å². The normalized spacial score (nSPS) is 14.6. The Balaban J connectivity index is 0.00000180. The number of hydrogen-bond acceptors (Lipinski definition) is 1. The summed E-state index contributed by atoms with van der Waals surface area (Å²) in [5.41, 5.74) is 6.60. The first-order chi connectivity index (χ1) is 8.47. The van der Waals surface area contributed by atoms with Gasteiger partial charge in [0.15, 0.2) is 0 Å². The molecule has 0 N–H and O–H groups in total. The Morgan fingerprint density at radius 3 is 2.20 bits per heavy atom. The fourth-order valence-electron chi connectivity index (χ4n) is 2.44. The van der Waals surface area contributed by atoms with Gasteiger partial charge in [-0.2, -0.15) is 0 Å². The summed E-state index contributed by atoms with van der Waals surface area (Å²) in [5.74, 6) is 0. The van der Waals surface area contributed by atoms with Crippen LogP contribution < -0.4 is 24.8 Å². The summed E-state index contributed by atoms with van der Waals surface area (Å²) >= 11 is 1.77. The zero-order valence-corrected chi connectivity index (χ0v) is 15.3. The van der Waals surface area contributed by atoms with E-state index in [1.807, 2.05) is 0 Å². The molecule has 0 saturated carbocycles. The number of halogens is 2. The number of rotatable bonds is 3. The maximum absolute atomic E-state index is 5.65. The monoisotopic (exact) mass is 345 g/mol. The Morgan fingerprint density at radius 1 is 1.10 bits per heavy atom. The first-order valence-electron chi connectivity index (χ1n) is 6.29. The molecule has 2 rings (SSSR count). The molecule has 0 unspecified atom stereocenters. The van der Waals surface area contributed by atoms with Crippen molar-refractivity contribution in [2.75, 3.05) is 0 Å². The van der Waals surface area contributed by atoms with E-state index in [4.69, 9.17) is 3.32 Å². The van der Waals surface area contributed by atoms with E-state index in [0.29, 0.717) is 0 Å². The smallest absolute Gasteiger partial charge is 1.00 e. The average Bonchev–Trinajstić information content (AvgIpc) is 2.70. The van der Waals surface area contributed by atoms with Gasteiger partial charge in [-0.05, 0) is 0 Å². The van der Waals surface area contributed by atoms with Crippen LogP contribution in [0.5, 0.6) is 0 Å². The maximum Gasteiger partial charge on any atom is -1.00 e. The molecule has 0 heterocycles. The van der Waals surface area contributed by atoms with E-state index in [-0.39, 0.29) is 30.4 Å². The van der Waals surface area contributed by atoms with Crippen LogP contribution in [0.4, 0.5) is 0 Å². The third kappa shape index (κ3) is 3.78. The molecule has 0 saturated heterocycles. The molecule has 1 aromatic rings. The van der Waals surface area contributed by atoms with Crippen LogP contribution >= 0.6 is 0 Å². The fourth-order valence-corrected chi connectivity index (χ4v) is 2.61. The van der Waals surface area contributed by atoms with Gasteiger partial charge in [-0.15, -0.1) is 0 Å². The third-order valence-electron chi connectivity index (χ3n) is 3.81. The van der Waals surface area contributed by atoms with E-state index >= 15 is 0 Å². The Kier molecular flexibility index (Phi) is 7.80. The van der Waals surface area contributed by atoms with Gasteiger partial charge in [-0.3, -0.25) is 0 Å². The molecule has 0 fully saturated rings. The Bertz CT molecular complexity index is 533. The molecular formula is C16H19Cl2OTi. The van der Waals surface area contributed by atoms with Gasteiger partial charge < -0.3 is 24.8 Å². The molecule has 4 heteroatoms. The molecule has 1 aliphatic rings. The van der Waals surface area contributed by atoms with E-state index in [0.717, 1.165) is 6.42 Å². The topological polar surface area (TPSA) is 9.23 Å². The van der Waals surface area contributed by atoms with E-state index in [1.165, 1.54) is 27.8 Å². The minimum atomic E-state index is -0.250. The SMILES string of the molecule is CC1=CCC(c2ccccc2C(C)(C)[O][Ti+2])=C1C.[Cl-].[Cl-]. The molecule has 0 atom stereocenters. The van der Waals surface area contributed by atoms with Gasteiger partial charge in [0.1, 0.15) is 0 Å². The van der Waals surface area contributed by atoms with Crippen LogP contribution in [-0.4, -0.2) is 0 Å². The summed E-state index contributed by atoms with van der Waals surface area (Å²) in [5, 5.41) is 0. The van der Waals surface area contributed by atoms with Crippen LogP contribution in [0.2, 0.25) is 0 Å². The Hall–Kier alpha value is -0.0457. The van der Waals surface area contributed by atoms with E-state index in [1.54, 1.807) is 20.8 Å². The Labute approximate surface area is 146 Å². The minimum Gasteiger partial charge on any atom is -1.00 e. The van der Waals surface area contributed by atoms with E-state index < -0.39 is 0 Å². The average molecular weight is 346 g/mol. The summed E-state index contributed by atoms with van der Waals surface area (Å²) in [7, 11) is 0. The standard InChI is InChI=1S/C16H19O.2ClH.Ti/c1-11-9-10-13(12(11)2)14-7-5-6-8-15(14)16(3,4)17;;;/h5-9H,10H2,1-4H3;2*1H;/q-1;;;+3/p-2. The van der Waals surface area contributed by atoms with Crippen molar-refractivity contribution in [3.63, 3.8) is 0 Å². The Morgan fingerprint density at radius 2 is 1.70 bits per heavy atom. The second-order valence-corrected chi connectivity index (χ2v) is 5.67. The van der Waals surface area contributed by atoms with Gasteiger partial charge >= 0.3 is 122 Å². The summed E-state index contributed by atoms with van der Waals surface area (Å²) in [6, 6.07) is 8.58. The second kappa shape index (κ2) is 7.82. The minimum absolute atomic E-state index is 0.